The SMILES string of the molecule is COC(=O)c1cn(Cc2cnn(-c3ccccc3)c2)nn1. The molecule has 0 radical (unpaired) electrons. The Morgan fingerprint density at radius 3 is 2.81 bits per heavy atom. The van der Waals surface area contributed by atoms with Crippen LogP contribution in [0.15, 0.2) is 48.9 Å². The zero-order chi connectivity index (χ0) is 14.7. The summed E-state index contributed by atoms with van der Waals surface area (Å²) >= 11 is 0. The molecule has 0 saturated carbocycles. The molecule has 0 aliphatic rings. The summed E-state index contributed by atoms with van der Waals surface area (Å²) in [5, 5.41) is 12.0. The second-order valence-electron chi connectivity index (χ2n) is 4.42. The van der Waals surface area contributed by atoms with E-state index in [2.05, 4.69) is 20.1 Å². The van der Waals surface area contributed by atoms with Gasteiger partial charge >= 0.3 is 5.97 Å². The number of nitrogens with zero attached hydrogens (tertiary/aromatic N) is 5. The lowest BCUT2D eigenvalue weighted by Gasteiger charge is -1.99. The minimum Gasteiger partial charge on any atom is -0.464 e. The Balaban J connectivity index is 1.76. The number of hydrogen-bond donors (Lipinski definition) is 0. The molecule has 0 atom stereocenters. The van der Waals surface area contributed by atoms with Gasteiger partial charge in [0.1, 0.15) is 0 Å². The van der Waals surface area contributed by atoms with Gasteiger partial charge in [-0.05, 0) is 12.1 Å². The Hall–Kier alpha value is -2.96. The molecule has 0 N–H and O–H groups in total. The Kier molecular flexibility index (Phi) is 3.46. The number of para-hydroxylation sites is 1. The van der Waals surface area contributed by atoms with Crippen LogP contribution in [0.5, 0.6) is 0 Å². The molecule has 0 unspecified atom stereocenters. The number of ether oxygens (including phenoxy) is 1. The molecular formula is C14H13N5O2. The number of esters is 1. The Labute approximate surface area is 120 Å². The van der Waals surface area contributed by atoms with Crippen LogP contribution in [0, 0.1) is 0 Å². The average molecular weight is 283 g/mol. The summed E-state index contributed by atoms with van der Waals surface area (Å²) in [6, 6.07) is 9.81. The minimum absolute atomic E-state index is 0.188. The second-order valence-corrected chi connectivity index (χ2v) is 4.42. The summed E-state index contributed by atoms with van der Waals surface area (Å²) in [5.41, 5.74) is 2.13. The van der Waals surface area contributed by atoms with E-state index in [1.165, 1.54) is 7.11 Å². The van der Waals surface area contributed by atoms with Crippen LogP contribution >= 0.6 is 0 Å². The Bertz CT molecular complexity index is 748. The quantitative estimate of drug-likeness (QED) is 0.675. The number of hydrogen-bond acceptors (Lipinski definition) is 5. The van der Waals surface area contributed by atoms with Crippen LogP contribution in [0.1, 0.15) is 16.1 Å². The fourth-order valence-corrected chi connectivity index (χ4v) is 1.92. The highest BCUT2D eigenvalue weighted by atomic mass is 16.5. The highest BCUT2D eigenvalue weighted by molar-refractivity contribution is 5.86. The monoisotopic (exact) mass is 283 g/mol. The number of aromatic nitrogens is 5. The molecule has 0 saturated heterocycles. The first-order valence-electron chi connectivity index (χ1n) is 6.33. The van der Waals surface area contributed by atoms with E-state index in [0.29, 0.717) is 6.54 Å². The van der Waals surface area contributed by atoms with E-state index < -0.39 is 5.97 Å². The van der Waals surface area contributed by atoms with Crippen LogP contribution in [-0.2, 0) is 11.3 Å². The van der Waals surface area contributed by atoms with Crippen molar-refractivity contribution >= 4 is 5.97 Å². The molecule has 0 aliphatic carbocycles. The predicted molar refractivity (Wildman–Crippen MR) is 74.0 cm³/mol. The molecule has 0 amide bonds. The number of benzene rings is 1. The van der Waals surface area contributed by atoms with E-state index in [4.69, 9.17) is 0 Å². The van der Waals surface area contributed by atoms with Crippen LogP contribution < -0.4 is 0 Å². The minimum atomic E-state index is -0.499. The highest BCUT2D eigenvalue weighted by Crippen LogP contribution is 2.08. The molecule has 7 nitrogen and oxygen atoms in total. The van der Waals surface area contributed by atoms with Gasteiger partial charge in [0.25, 0.3) is 0 Å². The van der Waals surface area contributed by atoms with Gasteiger partial charge in [-0.1, -0.05) is 23.4 Å². The fourth-order valence-electron chi connectivity index (χ4n) is 1.92. The van der Waals surface area contributed by atoms with Crippen molar-refractivity contribution in [2.24, 2.45) is 0 Å². The first-order valence-corrected chi connectivity index (χ1v) is 6.33. The van der Waals surface area contributed by atoms with Crippen molar-refractivity contribution in [3.05, 3.63) is 60.2 Å². The van der Waals surface area contributed by atoms with Crippen LogP contribution in [0.4, 0.5) is 0 Å². The number of carbonyl (C=O) groups is 1. The van der Waals surface area contributed by atoms with Gasteiger partial charge < -0.3 is 4.74 Å². The third kappa shape index (κ3) is 2.81. The largest absolute Gasteiger partial charge is 0.464 e. The van der Waals surface area contributed by atoms with Crippen molar-refractivity contribution in [3.8, 4) is 5.69 Å². The molecule has 2 heterocycles. The lowest BCUT2D eigenvalue weighted by Crippen LogP contribution is -2.01. The number of rotatable bonds is 4. The molecule has 106 valence electrons. The summed E-state index contributed by atoms with van der Waals surface area (Å²) in [4.78, 5) is 11.3. The summed E-state index contributed by atoms with van der Waals surface area (Å²) in [7, 11) is 1.31. The Morgan fingerprint density at radius 1 is 1.24 bits per heavy atom. The first kappa shape index (κ1) is 13.0. The fraction of sp³-hybridized carbons (Fsp3) is 0.143. The average Bonchev–Trinajstić information content (AvgIpc) is 3.17. The molecule has 7 heteroatoms. The zero-order valence-corrected chi connectivity index (χ0v) is 11.4. The standard InChI is InChI=1S/C14H13N5O2/c1-21-14(20)13-10-18(17-16-13)8-11-7-15-19(9-11)12-5-3-2-4-6-12/h2-7,9-10H,8H2,1H3. The molecule has 0 spiro atoms. The topological polar surface area (TPSA) is 74.8 Å². The Morgan fingerprint density at radius 2 is 2.05 bits per heavy atom. The van der Waals surface area contributed by atoms with Crippen molar-refractivity contribution in [2.75, 3.05) is 7.11 Å². The van der Waals surface area contributed by atoms with E-state index >= 15 is 0 Å². The van der Waals surface area contributed by atoms with Gasteiger partial charge in [-0.25, -0.2) is 14.2 Å². The van der Waals surface area contributed by atoms with Gasteiger partial charge in [-0.15, -0.1) is 5.10 Å². The van der Waals surface area contributed by atoms with E-state index in [1.54, 1.807) is 21.8 Å². The highest BCUT2D eigenvalue weighted by Gasteiger charge is 2.11. The smallest absolute Gasteiger partial charge is 0.360 e. The van der Waals surface area contributed by atoms with Crippen molar-refractivity contribution in [1.82, 2.24) is 24.8 Å². The lowest BCUT2D eigenvalue weighted by atomic mass is 10.3. The molecule has 0 fully saturated rings. The lowest BCUT2D eigenvalue weighted by molar-refractivity contribution is 0.0594. The zero-order valence-electron chi connectivity index (χ0n) is 11.4. The van der Waals surface area contributed by atoms with Crippen LogP contribution in [0.25, 0.3) is 5.69 Å². The molecule has 3 rings (SSSR count). The molecule has 0 bridgehead atoms. The van der Waals surface area contributed by atoms with Crippen molar-refractivity contribution in [3.63, 3.8) is 0 Å². The molecule has 21 heavy (non-hydrogen) atoms. The first-order chi connectivity index (χ1) is 10.3. The van der Waals surface area contributed by atoms with Gasteiger partial charge in [0.2, 0.25) is 0 Å². The summed E-state index contributed by atoms with van der Waals surface area (Å²) in [5.74, 6) is -0.499. The maximum atomic E-state index is 11.3. The van der Waals surface area contributed by atoms with Crippen LogP contribution in [0.3, 0.4) is 0 Å². The van der Waals surface area contributed by atoms with Gasteiger partial charge in [-0.2, -0.15) is 5.10 Å². The number of carbonyl (C=O) groups excluding carboxylic acids is 1. The molecule has 0 aliphatic heterocycles. The van der Waals surface area contributed by atoms with Gasteiger partial charge in [0.05, 0.1) is 31.7 Å². The van der Waals surface area contributed by atoms with Gasteiger partial charge in [-0.3, -0.25) is 0 Å². The van der Waals surface area contributed by atoms with Crippen molar-refractivity contribution in [2.45, 2.75) is 6.54 Å². The number of methoxy groups -OCH3 is 1. The normalized spacial score (nSPS) is 10.5. The van der Waals surface area contributed by atoms with E-state index in [0.717, 1.165) is 11.3 Å². The van der Waals surface area contributed by atoms with E-state index in [1.807, 2.05) is 36.5 Å². The molecular weight excluding hydrogens is 270 g/mol. The maximum absolute atomic E-state index is 11.3. The summed E-state index contributed by atoms with van der Waals surface area (Å²) < 4.78 is 7.94. The third-order valence-corrected chi connectivity index (χ3v) is 2.93. The van der Waals surface area contributed by atoms with Gasteiger partial charge in [0.15, 0.2) is 5.69 Å². The maximum Gasteiger partial charge on any atom is 0.360 e. The summed E-state index contributed by atoms with van der Waals surface area (Å²) in [6.45, 7) is 0.483. The van der Waals surface area contributed by atoms with Crippen LogP contribution in [-0.4, -0.2) is 37.9 Å². The van der Waals surface area contributed by atoms with Crippen molar-refractivity contribution in [1.29, 1.82) is 0 Å². The molecule has 3 aromatic rings. The second kappa shape index (κ2) is 5.58. The van der Waals surface area contributed by atoms with E-state index in [9.17, 15) is 4.79 Å². The van der Waals surface area contributed by atoms with Gasteiger partial charge in [0, 0.05) is 11.8 Å². The van der Waals surface area contributed by atoms with Crippen LogP contribution in [0.2, 0.25) is 0 Å². The van der Waals surface area contributed by atoms with E-state index in [-0.39, 0.29) is 5.69 Å². The summed E-state index contributed by atoms with van der Waals surface area (Å²) in [6.07, 6.45) is 5.22. The van der Waals surface area contributed by atoms with Crippen molar-refractivity contribution < 1.29 is 9.53 Å². The third-order valence-electron chi connectivity index (χ3n) is 2.93. The molecule has 1 aromatic carbocycles. The predicted octanol–water partition coefficient (Wildman–Crippen LogP) is 1.30. The molecule has 2 aromatic heterocycles.